The van der Waals surface area contributed by atoms with Crippen molar-refractivity contribution >= 4 is 27.5 Å². The topological polar surface area (TPSA) is 45.7 Å². The Kier molecular flexibility index (Phi) is 5.75. The van der Waals surface area contributed by atoms with Gasteiger partial charge in [0.25, 0.3) is 5.91 Å². The predicted molar refractivity (Wildman–Crippen MR) is 93.8 cm³/mol. The van der Waals surface area contributed by atoms with Crippen molar-refractivity contribution in [2.45, 2.75) is 32.9 Å². The number of carbonyl (C=O) groups excluding carboxylic acids is 1. The summed E-state index contributed by atoms with van der Waals surface area (Å²) in [5.74, 6) is 0.00679. The van der Waals surface area contributed by atoms with E-state index in [0.717, 1.165) is 15.7 Å². The smallest absolute Gasteiger partial charge is 0.282 e. The molecule has 2 aromatic rings. The number of aryl methyl sites for hydroxylation is 1. The van der Waals surface area contributed by atoms with Gasteiger partial charge in [0.15, 0.2) is 6.04 Å². The van der Waals surface area contributed by atoms with Crippen LogP contribution in [0.3, 0.4) is 0 Å². The van der Waals surface area contributed by atoms with E-state index in [4.69, 9.17) is 0 Å². The SMILES string of the molecule is Cc1ccc(NC(=O)[C@H](C)[NH2+][C@@H](C)c2ccccc2)c(Br)c1. The van der Waals surface area contributed by atoms with Crippen LogP contribution in [0.1, 0.15) is 31.0 Å². The van der Waals surface area contributed by atoms with Gasteiger partial charge in [-0.25, -0.2) is 0 Å². The Balaban J connectivity index is 1.97. The Bertz CT molecular complexity index is 643. The van der Waals surface area contributed by atoms with Crippen LogP contribution in [0.2, 0.25) is 0 Å². The van der Waals surface area contributed by atoms with Gasteiger partial charge in [0.2, 0.25) is 0 Å². The van der Waals surface area contributed by atoms with Crippen molar-refractivity contribution in [1.82, 2.24) is 0 Å². The second-order valence-corrected chi connectivity index (χ2v) is 6.51. The van der Waals surface area contributed by atoms with Crippen LogP contribution in [0.25, 0.3) is 0 Å². The maximum Gasteiger partial charge on any atom is 0.282 e. The maximum absolute atomic E-state index is 12.4. The van der Waals surface area contributed by atoms with E-state index in [-0.39, 0.29) is 18.0 Å². The van der Waals surface area contributed by atoms with Crippen molar-refractivity contribution in [3.63, 3.8) is 0 Å². The number of amides is 1. The molecule has 0 aliphatic carbocycles. The molecule has 0 radical (unpaired) electrons. The first-order valence-corrected chi connectivity index (χ1v) is 8.23. The fraction of sp³-hybridized carbons (Fsp3) is 0.278. The summed E-state index contributed by atoms with van der Waals surface area (Å²) >= 11 is 3.49. The minimum atomic E-state index is -0.164. The minimum absolute atomic E-state index is 0.00679. The molecule has 0 fully saturated rings. The summed E-state index contributed by atoms with van der Waals surface area (Å²) in [5.41, 5.74) is 3.18. The Morgan fingerprint density at radius 2 is 1.82 bits per heavy atom. The monoisotopic (exact) mass is 361 g/mol. The fourth-order valence-electron chi connectivity index (χ4n) is 2.36. The molecule has 0 heterocycles. The second-order valence-electron chi connectivity index (χ2n) is 5.65. The van der Waals surface area contributed by atoms with Gasteiger partial charge in [-0.1, -0.05) is 36.4 Å². The average Bonchev–Trinajstić information content (AvgIpc) is 2.50. The van der Waals surface area contributed by atoms with Gasteiger partial charge in [0.05, 0.1) is 5.69 Å². The summed E-state index contributed by atoms with van der Waals surface area (Å²) in [6, 6.07) is 16.2. The molecule has 0 aliphatic rings. The molecule has 22 heavy (non-hydrogen) atoms. The number of nitrogens with one attached hydrogen (secondary N) is 1. The predicted octanol–water partition coefficient (Wildman–Crippen LogP) is 3.41. The lowest BCUT2D eigenvalue weighted by Gasteiger charge is -2.17. The van der Waals surface area contributed by atoms with Gasteiger partial charge >= 0.3 is 0 Å². The van der Waals surface area contributed by atoms with E-state index in [1.807, 2.05) is 50.2 Å². The van der Waals surface area contributed by atoms with Crippen molar-refractivity contribution in [3.05, 3.63) is 64.1 Å². The molecule has 0 saturated heterocycles. The van der Waals surface area contributed by atoms with Crippen molar-refractivity contribution < 1.29 is 10.1 Å². The van der Waals surface area contributed by atoms with Crippen LogP contribution in [0, 0.1) is 6.92 Å². The molecular weight excluding hydrogens is 340 g/mol. The van der Waals surface area contributed by atoms with Gasteiger partial charge in [-0.3, -0.25) is 4.79 Å². The first-order chi connectivity index (χ1) is 10.5. The number of benzene rings is 2. The van der Waals surface area contributed by atoms with Crippen molar-refractivity contribution in [2.24, 2.45) is 0 Å². The van der Waals surface area contributed by atoms with Gasteiger partial charge in [0, 0.05) is 10.0 Å². The lowest BCUT2D eigenvalue weighted by atomic mass is 10.1. The summed E-state index contributed by atoms with van der Waals surface area (Å²) in [6.45, 7) is 6.06. The summed E-state index contributed by atoms with van der Waals surface area (Å²) in [4.78, 5) is 12.4. The van der Waals surface area contributed by atoms with Gasteiger partial charge in [-0.2, -0.15) is 0 Å². The number of anilines is 1. The second kappa shape index (κ2) is 7.56. The summed E-state index contributed by atoms with van der Waals surface area (Å²) in [6.07, 6.45) is 0. The van der Waals surface area contributed by atoms with E-state index in [9.17, 15) is 4.79 Å². The highest BCUT2D eigenvalue weighted by atomic mass is 79.9. The van der Waals surface area contributed by atoms with Gasteiger partial charge in [-0.05, 0) is 54.4 Å². The molecule has 3 nitrogen and oxygen atoms in total. The molecule has 0 aliphatic heterocycles. The number of hydrogen-bond donors (Lipinski definition) is 2. The van der Waals surface area contributed by atoms with Crippen molar-refractivity contribution in [3.8, 4) is 0 Å². The average molecular weight is 362 g/mol. The largest absolute Gasteiger partial charge is 0.330 e. The zero-order valence-corrected chi connectivity index (χ0v) is 14.7. The summed E-state index contributed by atoms with van der Waals surface area (Å²) in [7, 11) is 0. The molecule has 4 heteroatoms. The Morgan fingerprint density at radius 1 is 1.14 bits per heavy atom. The standard InChI is InChI=1S/C18H21BrN2O/c1-12-9-10-17(16(19)11-12)21-18(22)14(3)20-13(2)15-7-5-4-6-8-15/h4-11,13-14,20H,1-3H3,(H,21,22)/p+1/t13-,14-/m0/s1. The van der Waals surface area contributed by atoms with E-state index in [1.54, 1.807) is 0 Å². The van der Waals surface area contributed by atoms with Crippen LogP contribution >= 0.6 is 15.9 Å². The van der Waals surface area contributed by atoms with Crippen molar-refractivity contribution in [2.75, 3.05) is 5.32 Å². The molecule has 0 spiro atoms. The number of quaternary nitrogens is 1. The highest BCUT2D eigenvalue weighted by Gasteiger charge is 2.20. The third kappa shape index (κ3) is 4.42. The quantitative estimate of drug-likeness (QED) is 0.841. The van der Waals surface area contributed by atoms with E-state index < -0.39 is 0 Å². The van der Waals surface area contributed by atoms with Crippen LogP contribution < -0.4 is 10.6 Å². The van der Waals surface area contributed by atoms with Crippen LogP contribution in [-0.4, -0.2) is 11.9 Å². The zero-order chi connectivity index (χ0) is 16.1. The molecule has 0 aromatic heterocycles. The molecular formula is C18H22BrN2O+. The highest BCUT2D eigenvalue weighted by Crippen LogP contribution is 2.23. The Labute approximate surface area is 140 Å². The van der Waals surface area contributed by atoms with E-state index in [1.165, 1.54) is 5.56 Å². The Hall–Kier alpha value is -1.65. The molecule has 0 unspecified atom stereocenters. The summed E-state index contributed by atoms with van der Waals surface area (Å²) in [5, 5.41) is 5.05. The van der Waals surface area contributed by atoms with Crippen LogP contribution in [-0.2, 0) is 4.79 Å². The molecule has 2 rings (SSSR count). The van der Waals surface area contributed by atoms with Crippen LogP contribution in [0.5, 0.6) is 0 Å². The van der Waals surface area contributed by atoms with E-state index >= 15 is 0 Å². The van der Waals surface area contributed by atoms with Gasteiger partial charge in [0.1, 0.15) is 6.04 Å². The van der Waals surface area contributed by atoms with Crippen LogP contribution in [0.15, 0.2) is 53.0 Å². The number of nitrogens with two attached hydrogens (primary N) is 1. The van der Waals surface area contributed by atoms with Crippen LogP contribution in [0.4, 0.5) is 5.69 Å². The molecule has 116 valence electrons. The van der Waals surface area contributed by atoms with E-state index in [0.29, 0.717) is 0 Å². The highest BCUT2D eigenvalue weighted by molar-refractivity contribution is 9.10. The fourth-order valence-corrected chi connectivity index (χ4v) is 2.95. The lowest BCUT2D eigenvalue weighted by molar-refractivity contribution is -0.709. The minimum Gasteiger partial charge on any atom is -0.330 e. The number of halogens is 1. The summed E-state index contributed by atoms with van der Waals surface area (Å²) < 4.78 is 0.907. The molecule has 0 bridgehead atoms. The molecule has 3 N–H and O–H groups in total. The first-order valence-electron chi connectivity index (χ1n) is 7.44. The molecule has 2 atom stereocenters. The first kappa shape index (κ1) is 16.7. The maximum atomic E-state index is 12.4. The van der Waals surface area contributed by atoms with Gasteiger partial charge < -0.3 is 10.6 Å². The number of rotatable bonds is 5. The van der Waals surface area contributed by atoms with Gasteiger partial charge in [-0.15, -0.1) is 0 Å². The lowest BCUT2D eigenvalue weighted by Crippen LogP contribution is -2.91. The molecule has 1 amide bonds. The normalized spacial score (nSPS) is 13.5. The molecule has 2 aromatic carbocycles. The number of carbonyl (C=O) groups is 1. The zero-order valence-electron chi connectivity index (χ0n) is 13.1. The number of hydrogen-bond acceptors (Lipinski definition) is 1. The van der Waals surface area contributed by atoms with E-state index in [2.05, 4.69) is 45.6 Å². The third-order valence-electron chi connectivity index (χ3n) is 3.70. The Morgan fingerprint density at radius 3 is 2.45 bits per heavy atom. The third-order valence-corrected chi connectivity index (χ3v) is 4.35. The van der Waals surface area contributed by atoms with Crippen molar-refractivity contribution in [1.29, 1.82) is 0 Å². The molecule has 0 saturated carbocycles.